The maximum absolute atomic E-state index is 13.1. The third-order valence-electron chi connectivity index (χ3n) is 4.83. The van der Waals surface area contributed by atoms with Gasteiger partial charge in [0.25, 0.3) is 15.9 Å². The van der Waals surface area contributed by atoms with Crippen molar-refractivity contribution in [1.82, 2.24) is 4.90 Å². The van der Waals surface area contributed by atoms with Gasteiger partial charge < -0.3 is 4.90 Å². The fourth-order valence-electron chi connectivity index (χ4n) is 3.07. The van der Waals surface area contributed by atoms with Crippen molar-refractivity contribution in [2.45, 2.75) is 18.4 Å². The molecule has 0 aliphatic heterocycles. The van der Waals surface area contributed by atoms with E-state index in [-0.39, 0.29) is 10.8 Å². The highest BCUT2D eigenvalue weighted by molar-refractivity contribution is 7.92. The van der Waals surface area contributed by atoms with Crippen molar-refractivity contribution in [3.05, 3.63) is 94.5 Å². The number of halogens is 1. The Morgan fingerprint density at radius 1 is 0.900 bits per heavy atom. The molecule has 0 aliphatic carbocycles. The highest BCUT2D eigenvalue weighted by atomic mass is 35.5. The Kier molecular flexibility index (Phi) is 6.48. The van der Waals surface area contributed by atoms with E-state index in [1.165, 1.54) is 7.05 Å². The van der Waals surface area contributed by atoms with Gasteiger partial charge >= 0.3 is 0 Å². The molecule has 0 N–H and O–H groups in total. The Morgan fingerprint density at radius 2 is 1.50 bits per heavy atom. The zero-order valence-corrected chi connectivity index (χ0v) is 18.6. The summed E-state index contributed by atoms with van der Waals surface area (Å²) >= 11 is 5.92. The first-order valence-corrected chi connectivity index (χ1v) is 11.2. The van der Waals surface area contributed by atoms with Crippen LogP contribution < -0.4 is 4.31 Å². The number of hydrogen-bond donors (Lipinski definition) is 0. The second kappa shape index (κ2) is 8.90. The number of sulfonamides is 1. The van der Waals surface area contributed by atoms with Crippen LogP contribution in [0.4, 0.5) is 5.69 Å². The Balaban J connectivity index is 1.90. The first kappa shape index (κ1) is 21.9. The molecule has 0 radical (unpaired) electrons. The van der Waals surface area contributed by atoms with E-state index in [2.05, 4.69) is 0 Å². The van der Waals surface area contributed by atoms with E-state index in [1.54, 1.807) is 72.6 Å². The van der Waals surface area contributed by atoms with Crippen molar-refractivity contribution in [3.8, 4) is 0 Å². The van der Waals surface area contributed by atoms with E-state index in [9.17, 15) is 13.2 Å². The highest BCUT2D eigenvalue weighted by Crippen LogP contribution is 2.27. The molecule has 1 amide bonds. The maximum Gasteiger partial charge on any atom is 0.264 e. The van der Waals surface area contributed by atoms with Crippen molar-refractivity contribution in [3.63, 3.8) is 0 Å². The summed E-state index contributed by atoms with van der Waals surface area (Å²) in [5.74, 6) is -0.272. The summed E-state index contributed by atoms with van der Waals surface area (Å²) in [4.78, 5) is 14.9. The molecule has 156 valence electrons. The molecule has 3 aromatic rings. The molecule has 0 heterocycles. The number of para-hydroxylation sites is 1. The number of rotatable bonds is 6. The van der Waals surface area contributed by atoms with Crippen molar-refractivity contribution >= 4 is 33.2 Å². The van der Waals surface area contributed by atoms with Crippen molar-refractivity contribution < 1.29 is 13.2 Å². The molecule has 3 rings (SSSR count). The van der Waals surface area contributed by atoms with Gasteiger partial charge in [-0.2, -0.15) is 0 Å². The topological polar surface area (TPSA) is 57.7 Å². The number of amides is 1. The minimum absolute atomic E-state index is 0.173. The van der Waals surface area contributed by atoms with Crippen LogP contribution >= 0.6 is 11.6 Å². The largest absolute Gasteiger partial charge is 0.337 e. The summed E-state index contributed by atoms with van der Waals surface area (Å²) < 4.78 is 27.4. The van der Waals surface area contributed by atoms with Crippen LogP contribution in [0.3, 0.4) is 0 Å². The quantitative estimate of drug-likeness (QED) is 0.553. The summed E-state index contributed by atoms with van der Waals surface area (Å²) in [5, 5.41) is 0.626. The number of aryl methyl sites for hydroxylation is 1. The number of carbonyl (C=O) groups is 1. The lowest BCUT2D eigenvalue weighted by molar-refractivity contribution is 0.0786. The molecule has 0 aromatic heterocycles. The van der Waals surface area contributed by atoms with Gasteiger partial charge in [-0.05, 0) is 48.9 Å². The van der Waals surface area contributed by atoms with Crippen LogP contribution in [0.15, 0.2) is 77.7 Å². The van der Waals surface area contributed by atoms with Crippen molar-refractivity contribution in [2.24, 2.45) is 0 Å². The summed E-state index contributed by atoms with van der Waals surface area (Å²) in [6.07, 6.45) is 0. The minimum atomic E-state index is -3.81. The van der Waals surface area contributed by atoms with E-state index >= 15 is 0 Å². The van der Waals surface area contributed by atoms with E-state index in [0.29, 0.717) is 22.8 Å². The van der Waals surface area contributed by atoms with Gasteiger partial charge in [-0.25, -0.2) is 8.42 Å². The van der Waals surface area contributed by atoms with E-state index in [0.717, 1.165) is 15.4 Å². The Labute approximate surface area is 182 Å². The Bertz CT molecular complexity index is 1140. The standard InChI is InChI=1S/C23H23ClN2O3S/c1-17-8-14-20(15-9-17)30(28,29)26(3)22-7-5-4-6-21(22)23(27)25(2)16-18-10-12-19(24)13-11-18/h4-15H,16H2,1-3H3. The van der Waals surface area contributed by atoms with Gasteiger partial charge in [0.1, 0.15) is 0 Å². The second-order valence-electron chi connectivity index (χ2n) is 7.09. The predicted molar refractivity (Wildman–Crippen MR) is 120 cm³/mol. The summed E-state index contributed by atoms with van der Waals surface area (Å²) in [7, 11) is -0.665. The van der Waals surface area contributed by atoms with Crippen LogP contribution in [0.5, 0.6) is 0 Å². The van der Waals surface area contributed by atoms with Gasteiger partial charge in [-0.3, -0.25) is 9.10 Å². The lowest BCUT2D eigenvalue weighted by atomic mass is 10.1. The monoisotopic (exact) mass is 442 g/mol. The number of nitrogens with zero attached hydrogens (tertiary/aromatic N) is 2. The minimum Gasteiger partial charge on any atom is -0.337 e. The summed E-state index contributed by atoms with van der Waals surface area (Å²) in [6, 6.07) is 20.6. The predicted octanol–water partition coefficient (Wildman–Crippen LogP) is 4.75. The molecular formula is C23H23ClN2O3S. The van der Waals surface area contributed by atoms with Crippen LogP contribution in [0.25, 0.3) is 0 Å². The van der Waals surface area contributed by atoms with Gasteiger partial charge in [0.05, 0.1) is 16.1 Å². The highest BCUT2D eigenvalue weighted by Gasteiger charge is 2.26. The molecule has 0 spiro atoms. The maximum atomic E-state index is 13.1. The van der Waals surface area contributed by atoms with Crippen LogP contribution in [-0.2, 0) is 16.6 Å². The molecule has 0 aliphatic rings. The van der Waals surface area contributed by atoms with Gasteiger partial charge in [-0.1, -0.05) is 53.6 Å². The van der Waals surface area contributed by atoms with E-state index in [4.69, 9.17) is 11.6 Å². The number of anilines is 1. The van der Waals surface area contributed by atoms with Crippen molar-refractivity contribution in [1.29, 1.82) is 0 Å². The SMILES string of the molecule is Cc1ccc(S(=O)(=O)N(C)c2ccccc2C(=O)N(C)Cc2ccc(Cl)cc2)cc1. The van der Waals surface area contributed by atoms with Crippen LogP contribution in [-0.4, -0.2) is 33.3 Å². The second-order valence-corrected chi connectivity index (χ2v) is 9.50. The van der Waals surface area contributed by atoms with E-state index < -0.39 is 10.0 Å². The first-order valence-electron chi connectivity index (χ1n) is 9.34. The van der Waals surface area contributed by atoms with Gasteiger partial charge in [0.15, 0.2) is 0 Å². The Hall–Kier alpha value is -2.83. The molecule has 30 heavy (non-hydrogen) atoms. The average molecular weight is 443 g/mol. The lowest BCUT2D eigenvalue weighted by Gasteiger charge is -2.24. The van der Waals surface area contributed by atoms with Crippen molar-refractivity contribution in [2.75, 3.05) is 18.4 Å². The zero-order valence-electron chi connectivity index (χ0n) is 17.0. The average Bonchev–Trinajstić information content (AvgIpc) is 2.74. The first-order chi connectivity index (χ1) is 14.2. The number of benzene rings is 3. The molecular weight excluding hydrogens is 420 g/mol. The van der Waals surface area contributed by atoms with Gasteiger partial charge in [0, 0.05) is 25.7 Å². The normalized spacial score (nSPS) is 11.2. The fraction of sp³-hybridized carbons (Fsp3) is 0.174. The molecule has 0 atom stereocenters. The smallest absolute Gasteiger partial charge is 0.264 e. The molecule has 0 fully saturated rings. The molecule has 5 nitrogen and oxygen atoms in total. The number of carbonyl (C=O) groups excluding carboxylic acids is 1. The zero-order chi connectivity index (χ0) is 21.9. The molecule has 3 aromatic carbocycles. The van der Waals surface area contributed by atoms with Crippen LogP contribution in [0.2, 0.25) is 5.02 Å². The van der Waals surface area contributed by atoms with Gasteiger partial charge in [0.2, 0.25) is 0 Å². The Morgan fingerprint density at radius 3 is 2.13 bits per heavy atom. The van der Waals surface area contributed by atoms with Gasteiger partial charge in [-0.15, -0.1) is 0 Å². The van der Waals surface area contributed by atoms with E-state index in [1.807, 2.05) is 19.1 Å². The molecule has 0 bridgehead atoms. The third kappa shape index (κ3) is 4.66. The van der Waals surface area contributed by atoms with Crippen LogP contribution in [0, 0.1) is 6.92 Å². The molecule has 7 heteroatoms. The fourth-order valence-corrected chi connectivity index (χ4v) is 4.41. The van der Waals surface area contributed by atoms with Crippen LogP contribution in [0.1, 0.15) is 21.5 Å². The number of hydrogen-bond acceptors (Lipinski definition) is 3. The molecule has 0 unspecified atom stereocenters. The summed E-state index contributed by atoms with van der Waals surface area (Å²) in [5.41, 5.74) is 2.53. The molecule has 0 saturated heterocycles. The summed E-state index contributed by atoms with van der Waals surface area (Å²) in [6.45, 7) is 2.27. The lowest BCUT2D eigenvalue weighted by Crippen LogP contribution is -2.31. The molecule has 0 saturated carbocycles. The third-order valence-corrected chi connectivity index (χ3v) is 6.87.